The zero-order chi connectivity index (χ0) is 14.0. The Kier molecular flexibility index (Phi) is 4.87. The molecule has 5 heteroatoms. The lowest BCUT2D eigenvalue weighted by Crippen LogP contribution is -2.47. The van der Waals surface area contributed by atoms with Gasteiger partial charge in [0.25, 0.3) is 0 Å². The minimum absolute atomic E-state index is 0.274. The van der Waals surface area contributed by atoms with E-state index < -0.39 is 0 Å². The molecule has 2 unspecified atom stereocenters. The second-order valence-electron chi connectivity index (χ2n) is 5.54. The summed E-state index contributed by atoms with van der Waals surface area (Å²) in [5, 5.41) is 5.42. The molecule has 0 radical (unpaired) electrons. The third-order valence-electron chi connectivity index (χ3n) is 4.17. The van der Waals surface area contributed by atoms with Crippen LogP contribution in [0.4, 0.5) is 0 Å². The van der Waals surface area contributed by atoms with Crippen LogP contribution in [0.3, 0.4) is 0 Å². The van der Waals surface area contributed by atoms with Crippen LogP contribution in [0.2, 0.25) is 5.02 Å². The lowest BCUT2D eigenvalue weighted by Gasteiger charge is -2.35. The lowest BCUT2D eigenvalue weighted by molar-refractivity contribution is 0.158. The minimum Gasteiger partial charge on any atom is -0.326 e. The molecule has 2 heterocycles. The number of likely N-dealkylation sites (tertiary alicyclic amines) is 1. The zero-order valence-corrected chi connectivity index (χ0v) is 13.0. The number of hydrogen-bond donors (Lipinski definition) is 1. The fourth-order valence-electron chi connectivity index (χ4n) is 2.69. The number of aryl methyl sites for hydroxylation is 2. The molecular weight excluding hydrogens is 260 g/mol. The summed E-state index contributed by atoms with van der Waals surface area (Å²) < 4.78 is 2.03. The van der Waals surface area contributed by atoms with E-state index in [0.717, 1.165) is 49.0 Å². The van der Waals surface area contributed by atoms with Gasteiger partial charge < -0.3 is 5.73 Å². The monoisotopic (exact) mass is 284 g/mol. The molecule has 0 aromatic carbocycles. The molecule has 1 aliphatic heterocycles. The summed E-state index contributed by atoms with van der Waals surface area (Å²) in [4.78, 5) is 2.40. The van der Waals surface area contributed by atoms with Crippen LogP contribution in [0.15, 0.2) is 0 Å². The summed E-state index contributed by atoms with van der Waals surface area (Å²) in [5.74, 6) is 0.619. The van der Waals surface area contributed by atoms with Crippen LogP contribution in [0, 0.1) is 5.92 Å². The average Bonchev–Trinajstić information content (AvgIpc) is 2.70. The highest BCUT2D eigenvalue weighted by Gasteiger charge is 2.25. The van der Waals surface area contributed by atoms with Crippen LogP contribution < -0.4 is 5.73 Å². The van der Waals surface area contributed by atoms with Crippen molar-refractivity contribution in [3.63, 3.8) is 0 Å². The first-order valence-electron chi connectivity index (χ1n) is 7.28. The summed E-state index contributed by atoms with van der Waals surface area (Å²) >= 11 is 6.45. The van der Waals surface area contributed by atoms with Gasteiger partial charge in [0, 0.05) is 25.7 Å². The van der Waals surface area contributed by atoms with Crippen LogP contribution in [0.5, 0.6) is 0 Å². The first-order valence-corrected chi connectivity index (χ1v) is 7.66. The summed E-state index contributed by atoms with van der Waals surface area (Å²) in [6.45, 7) is 10.2. The molecule has 4 nitrogen and oxygen atoms in total. The van der Waals surface area contributed by atoms with Crippen LogP contribution in [-0.4, -0.2) is 33.8 Å². The Morgan fingerprint density at radius 1 is 1.42 bits per heavy atom. The van der Waals surface area contributed by atoms with Crippen molar-refractivity contribution in [3.8, 4) is 0 Å². The highest BCUT2D eigenvalue weighted by molar-refractivity contribution is 6.31. The molecule has 2 N–H and O–H groups in total. The first-order chi connectivity index (χ1) is 9.06. The van der Waals surface area contributed by atoms with Gasteiger partial charge in [-0.1, -0.05) is 25.4 Å². The van der Waals surface area contributed by atoms with Gasteiger partial charge in [-0.15, -0.1) is 0 Å². The van der Waals surface area contributed by atoms with Gasteiger partial charge in [-0.3, -0.25) is 9.58 Å². The number of hydrogen-bond acceptors (Lipinski definition) is 3. The van der Waals surface area contributed by atoms with Crippen molar-refractivity contribution in [1.82, 2.24) is 14.7 Å². The van der Waals surface area contributed by atoms with Crippen LogP contribution >= 0.6 is 11.6 Å². The third kappa shape index (κ3) is 3.12. The average molecular weight is 285 g/mol. The Labute approximate surface area is 120 Å². The molecule has 1 saturated heterocycles. The van der Waals surface area contributed by atoms with Gasteiger partial charge in [0.1, 0.15) is 0 Å². The van der Waals surface area contributed by atoms with Gasteiger partial charge in [0.05, 0.1) is 16.4 Å². The van der Waals surface area contributed by atoms with E-state index in [4.69, 9.17) is 17.3 Å². The maximum atomic E-state index is 6.45. The zero-order valence-electron chi connectivity index (χ0n) is 12.2. The molecule has 108 valence electrons. The molecule has 0 amide bonds. The SMILES string of the molecule is CCc1nn(CC)c(CN2CCC(C)C(N)C2)c1Cl. The largest absolute Gasteiger partial charge is 0.326 e. The van der Waals surface area contributed by atoms with E-state index in [1.54, 1.807) is 0 Å². The number of rotatable bonds is 4. The molecule has 1 aromatic rings. The van der Waals surface area contributed by atoms with Crippen molar-refractivity contribution < 1.29 is 0 Å². The molecule has 0 aliphatic carbocycles. The Balaban J connectivity index is 2.12. The maximum absolute atomic E-state index is 6.45. The van der Waals surface area contributed by atoms with Gasteiger partial charge in [-0.05, 0) is 32.2 Å². The van der Waals surface area contributed by atoms with E-state index in [-0.39, 0.29) is 6.04 Å². The van der Waals surface area contributed by atoms with E-state index in [0.29, 0.717) is 5.92 Å². The summed E-state index contributed by atoms with van der Waals surface area (Å²) in [6.07, 6.45) is 2.05. The Bertz CT molecular complexity index is 429. The van der Waals surface area contributed by atoms with Gasteiger partial charge in [-0.25, -0.2) is 0 Å². The number of aromatic nitrogens is 2. The number of piperidine rings is 1. The highest BCUT2D eigenvalue weighted by atomic mass is 35.5. The van der Waals surface area contributed by atoms with Crippen LogP contribution in [-0.2, 0) is 19.5 Å². The topological polar surface area (TPSA) is 47.1 Å². The van der Waals surface area contributed by atoms with Crippen molar-refractivity contribution in [2.24, 2.45) is 11.7 Å². The van der Waals surface area contributed by atoms with E-state index >= 15 is 0 Å². The Hall–Kier alpha value is -0.580. The molecule has 0 saturated carbocycles. The van der Waals surface area contributed by atoms with Crippen molar-refractivity contribution in [2.45, 2.75) is 52.7 Å². The van der Waals surface area contributed by atoms with Gasteiger partial charge in [-0.2, -0.15) is 5.10 Å². The number of halogens is 1. The molecular formula is C14H25ClN4. The van der Waals surface area contributed by atoms with E-state index in [1.807, 2.05) is 4.68 Å². The molecule has 19 heavy (non-hydrogen) atoms. The van der Waals surface area contributed by atoms with Gasteiger partial charge in [0.15, 0.2) is 0 Å². The molecule has 0 bridgehead atoms. The summed E-state index contributed by atoms with van der Waals surface area (Å²) in [7, 11) is 0. The predicted molar refractivity (Wildman–Crippen MR) is 79.3 cm³/mol. The molecule has 1 aromatic heterocycles. The van der Waals surface area contributed by atoms with Gasteiger partial charge >= 0.3 is 0 Å². The van der Waals surface area contributed by atoms with Crippen molar-refractivity contribution >= 4 is 11.6 Å². The summed E-state index contributed by atoms with van der Waals surface area (Å²) in [5.41, 5.74) is 8.31. The smallest absolute Gasteiger partial charge is 0.0863 e. The molecule has 1 fully saturated rings. The highest BCUT2D eigenvalue weighted by Crippen LogP contribution is 2.25. The Morgan fingerprint density at radius 3 is 2.74 bits per heavy atom. The van der Waals surface area contributed by atoms with Crippen molar-refractivity contribution in [2.75, 3.05) is 13.1 Å². The summed E-state index contributed by atoms with van der Waals surface area (Å²) in [6, 6.07) is 0.274. The normalized spacial score (nSPS) is 24.9. The number of nitrogens with two attached hydrogens (primary N) is 1. The fourth-order valence-corrected chi connectivity index (χ4v) is 3.02. The van der Waals surface area contributed by atoms with E-state index in [2.05, 4.69) is 30.8 Å². The van der Waals surface area contributed by atoms with E-state index in [9.17, 15) is 0 Å². The molecule has 1 aliphatic rings. The maximum Gasteiger partial charge on any atom is 0.0863 e. The standard InChI is InChI=1S/C14H25ClN4/c1-4-12-14(15)13(19(5-2)17-12)9-18-7-6-10(3)11(16)8-18/h10-11H,4-9,16H2,1-3H3. The van der Waals surface area contributed by atoms with Gasteiger partial charge in [0.2, 0.25) is 0 Å². The Morgan fingerprint density at radius 2 is 2.16 bits per heavy atom. The second-order valence-corrected chi connectivity index (χ2v) is 5.92. The fraction of sp³-hybridized carbons (Fsp3) is 0.786. The molecule has 2 rings (SSSR count). The van der Waals surface area contributed by atoms with E-state index in [1.165, 1.54) is 6.42 Å². The lowest BCUT2D eigenvalue weighted by atomic mass is 9.94. The predicted octanol–water partition coefficient (Wildman–Crippen LogP) is 2.29. The first kappa shape index (κ1) is 14.8. The minimum atomic E-state index is 0.274. The van der Waals surface area contributed by atoms with Crippen LogP contribution in [0.25, 0.3) is 0 Å². The molecule has 0 spiro atoms. The second kappa shape index (κ2) is 6.25. The molecule has 2 atom stereocenters. The quantitative estimate of drug-likeness (QED) is 0.923. The third-order valence-corrected chi connectivity index (χ3v) is 4.60. The number of nitrogens with zero attached hydrogens (tertiary/aromatic N) is 3. The van der Waals surface area contributed by atoms with Crippen molar-refractivity contribution in [1.29, 1.82) is 0 Å². The van der Waals surface area contributed by atoms with Crippen molar-refractivity contribution in [3.05, 3.63) is 16.4 Å². The van der Waals surface area contributed by atoms with Crippen LogP contribution in [0.1, 0.15) is 38.6 Å².